The Morgan fingerprint density at radius 3 is 2.60 bits per heavy atom. The number of rotatable bonds is 6. The van der Waals surface area contributed by atoms with E-state index in [2.05, 4.69) is 24.5 Å². The van der Waals surface area contributed by atoms with Crippen LogP contribution in [0.2, 0.25) is 0 Å². The lowest BCUT2D eigenvalue weighted by Gasteiger charge is -2.21. The van der Waals surface area contributed by atoms with Gasteiger partial charge in [-0.25, -0.2) is 0 Å². The first kappa shape index (κ1) is 14.7. The Labute approximate surface area is 121 Å². The van der Waals surface area contributed by atoms with Gasteiger partial charge in [0.2, 0.25) is 0 Å². The molecule has 0 heterocycles. The number of carbonyl (C=O) groups is 1. The Kier molecular flexibility index (Phi) is 4.21. The minimum absolute atomic E-state index is 0.0772. The maximum Gasteiger partial charge on any atom is 0.251 e. The first-order chi connectivity index (χ1) is 9.48. The van der Waals surface area contributed by atoms with Crippen LogP contribution in [0.3, 0.4) is 0 Å². The SMILES string of the molecule is CCNC(=O)c1ccc(NCC2(C(C)C)CC2)c(N)c1. The lowest BCUT2D eigenvalue weighted by Crippen LogP contribution is -2.23. The lowest BCUT2D eigenvalue weighted by molar-refractivity contribution is 0.0956. The lowest BCUT2D eigenvalue weighted by atomic mass is 9.92. The molecule has 4 heteroatoms. The van der Waals surface area contributed by atoms with Gasteiger partial charge in [0, 0.05) is 18.7 Å². The standard InChI is InChI=1S/C16H25N3O/c1-4-18-15(20)12-5-6-14(13(17)9-12)19-10-16(7-8-16)11(2)3/h5-6,9,11,19H,4,7-8,10,17H2,1-3H3,(H,18,20). The number of anilines is 2. The third-order valence-corrected chi connectivity index (χ3v) is 4.40. The first-order valence-corrected chi connectivity index (χ1v) is 7.40. The van der Waals surface area contributed by atoms with Crippen molar-refractivity contribution in [3.05, 3.63) is 23.8 Å². The van der Waals surface area contributed by atoms with Crippen LogP contribution >= 0.6 is 0 Å². The average Bonchev–Trinajstić information content (AvgIpc) is 3.18. The fourth-order valence-electron chi connectivity index (χ4n) is 2.52. The highest BCUT2D eigenvalue weighted by atomic mass is 16.1. The summed E-state index contributed by atoms with van der Waals surface area (Å²) in [5, 5.41) is 6.21. The summed E-state index contributed by atoms with van der Waals surface area (Å²) in [5.74, 6) is 0.609. The zero-order chi connectivity index (χ0) is 14.8. The number of carbonyl (C=O) groups excluding carboxylic acids is 1. The molecular weight excluding hydrogens is 250 g/mol. The van der Waals surface area contributed by atoms with Gasteiger partial charge in [-0.15, -0.1) is 0 Å². The predicted octanol–water partition coefficient (Wildman–Crippen LogP) is 2.87. The number of nitrogen functional groups attached to an aromatic ring is 1. The molecule has 1 saturated carbocycles. The molecule has 110 valence electrons. The Morgan fingerprint density at radius 2 is 2.10 bits per heavy atom. The van der Waals surface area contributed by atoms with Crippen molar-refractivity contribution in [3.63, 3.8) is 0 Å². The molecule has 0 radical (unpaired) electrons. The van der Waals surface area contributed by atoms with Gasteiger partial charge in [0.1, 0.15) is 0 Å². The van der Waals surface area contributed by atoms with Crippen LogP contribution in [-0.4, -0.2) is 19.0 Å². The quantitative estimate of drug-likeness (QED) is 0.699. The zero-order valence-corrected chi connectivity index (χ0v) is 12.6. The van der Waals surface area contributed by atoms with Crippen LogP contribution < -0.4 is 16.4 Å². The third-order valence-electron chi connectivity index (χ3n) is 4.40. The van der Waals surface area contributed by atoms with E-state index >= 15 is 0 Å². The van der Waals surface area contributed by atoms with Gasteiger partial charge in [-0.3, -0.25) is 4.79 Å². The molecule has 4 N–H and O–H groups in total. The molecule has 0 unspecified atom stereocenters. The number of benzene rings is 1. The molecule has 1 aliphatic carbocycles. The van der Waals surface area contributed by atoms with Crippen LogP contribution in [0.4, 0.5) is 11.4 Å². The van der Waals surface area contributed by atoms with Crippen molar-refractivity contribution in [1.82, 2.24) is 5.32 Å². The second-order valence-corrected chi connectivity index (χ2v) is 6.03. The second kappa shape index (κ2) is 5.73. The van der Waals surface area contributed by atoms with E-state index in [-0.39, 0.29) is 5.91 Å². The molecule has 0 spiro atoms. The number of amides is 1. The van der Waals surface area contributed by atoms with Crippen LogP contribution in [-0.2, 0) is 0 Å². The molecule has 0 aromatic heterocycles. The number of nitrogens with two attached hydrogens (primary N) is 1. The van der Waals surface area contributed by atoms with Gasteiger partial charge in [-0.05, 0) is 49.3 Å². The molecule has 1 fully saturated rings. The Balaban J connectivity index is 2.01. The van der Waals surface area contributed by atoms with E-state index in [1.165, 1.54) is 12.8 Å². The Bertz CT molecular complexity index is 492. The van der Waals surface area contributed by atoms with Gasteiger partial charge in [0.15, 0.2) is 0 Å². The summed E-state index contributed by atoms with van der Waals surface area (Å²) in [6.07, 6.45) is 2.57. The van der Waals surface area contributed by atoms with Crippen molar-refractivity contribution in [3.8, 4) is 0 Å². The van der Waals surface area contributed by atoms with E-state index in [0.29, 0.717) is 29.1 Å². The highest BCUT2D eigenvalue weighted by Crippen LogP contribution is 2.51. The summed E-state index contributed by atoms with van der Waals surface area (Å²) in [6, 6.07) is 5.46. The monoisotopic (exact) mass is 275 g/mol. The van der Waals surface area contributed by atoms with Gasteiger partial charge < -0.3 is 16.4 Å². The second-order valence-electron chi connectivity index (χ2n) is 6.03. The average molecular weight is 275 g/mol. The predicted molar refractivity (Wildman–Crippen MR) is 83.9 cm³/mol. The minimum Gasteiger partial charge on any atom is -0.397 e. The van der Waals surface area contributed by atoms with Crippen LogP contribution in [0.15, 0.2) is 18.2 Å². The van der Waals surface area contributed by atoms with Crippen molar-refractivity contribution in [2.75, 3.05) is 24.1 Å². The molecule has 1 aromatic rings. The molecule has 0 atom stereocenters. The van der Waals surface area contributed by atoms with Gasteiger partial charge in [0.25, 0.3) is 5.91 Å². The smallest absolute Gasteiger partial charge is 0.251 e. The fourth-order valence-corrected chi connectivity index (χ4v) is 2.52. The van der Waals surface area contributed by atoms with E-state index in [1.54, 1.807) is 6.07 Å². The molecule has 0 bridgehead atoms. The van der Waals surface area contributed by atoms with E-state index < -0.39 is 0 Å². The van der Waals surface area contributed by atoms with Gasteiger partial charge in [0.05, 0.1) is 11.4 Å². The van der Waals surface area contributed by atoms with Crippen molar-refractivity contribution < 1.29 is 4.79 Å². The summed E-state index contributed by atoms with van der Waals surface area (Å²) in [6.45, 7) is 8.02. The molecule has 1 amide bonds. The van der Waals surface area contributed by atoms with E-state index in [1.807, 2.05) is 19.1 Å². The Hall–Kier alpha value is -1.71. The summed E-state index contributed by atoms with van der Waals surface area (Å²) in [5.41, 5.74) is 8.64. The van der Waals surface area contributed by atoms with Gasteiger partial charge in [-0.2, -0.15) is 0 Å². The van der Waals surface area contributed by atoms with Crippen LogP contribution in [0.5, 0.6) is 0 Å². The molecule has 1 aromatic carbocycles. The summed E-state index contributed by atoms with van der Waals surface area (Å²) < 4.78 is 0. The molecule has 2 rings (SSSR count). The van der Waals surface area contributed by atoms with Crippen LogP contribution in [0, 0.1) is 11.3 Å². The topological polar surface area (TPSA) is 67.2 Å². The summed E-state index contributed by atoms with van der Waals surface area (Å²) >= 11 is 0. The number of nitrogens with one attached hydrogen (secondary N) is 2. The normalized spacial score (nSPS) is 16.0. The van der Waals surface area contributed by atoms with E-state index in [9.17, 15) is 4.79 Å². The number of hydrogen-bond acceptors (Lipinski definition) is 3. The van der Waals surface area contributed by atoms with Crippen molar-refractivity contribution in [2.24, 2.45) is 11.3 Å². The third kappa shape index (κ3) is 3.06. The highest BCUT2D eigenvalue weighted by molar-refractivity contribution is 5.96. The zero-order valence-electron chi connectivity index (χ0n) is 12.6. The van der Waals surface area contributed by atoms with Crippen LogP contribution in [0.25, 0.3) is 0 Å². The van der Waals surface area contributed by atoms with E-state index in [0.717, 1.165) is 12.2 Å². The van der Waals surface area contributed by atoms with Gasteiger partial charge >= 0.3 is 0 Å². The molecule has 0 saturated heterocycles. The summed E-state index contributed by atoms with van der Waals surface area (Å²) in [4.78, 5) is 11.7. The van der Waals surface area contributed by atoms with Gasteiger partial charge in [-0.1, -0.05) is 13.8 Å². The van der Waals surface area contributed by atoms with Crippen molar-refractivity contribution >= 4 is 17.3 Å². The fraction of sp³-hybridized carbons (Fsp3) is 0.562. The highest BCUT2D eigenvalue weighted by Gasteiger charge is 2.44. The largest absolute Gasteiger partial charge is 0.397 e. The van der Waals surface area contributed by atoms with Crippen molar-refractivity contribution in [2.45, 2.75) is 33.6 Å². The maximum absolute atomic E-state index is 11.7. The molecule has 1 aliphatic rings. The maximum atomic E-state index is 11.7. The van der Waals surface area contributed by atoms with Crippen LogP contribution in [0.1, 0.15) is 44.0 Å². The molecule has 0 aliphatic heterocycles. The Morgan fingerprint density at radius 1 is 1.40 bits per heavy atom. The first-order valence-electron chi connectivity index (χ1n) is 7.40. The van der Waals surface area contributed by atoms with Crippen molar-refractivity contribution in [1.29, 1.82) is 0 Å². The van der Waals surface area contributed by atoms with E-state index in [4.69, 9.17) is 5.73 Å². The minimum atomic E-state index is -0.0772. The molecular formula is C16H25N3O. The molecule has 20 heavy (non-hydrogen) atoms. The summed E-state index contributed by atoms with van der Waals surface area (Å²) in [7, 11) is 0. The molecule has 4 nitrogen and oxygen atoms in total. The number of hydrogen-bond donors (Lipinski definition) is 3.